The number of nitrogens with zero attached hydrogens (tertiary/aromatic N) is 1. The molecular weight excluding hydrogens is 412 g/mol. The largest absolute Gasteiger partial charge is 0.482 e. The van der Waals surface area contributed by atoms with Crippen molar-refractivity contribution in [1.82, 2.24) is 0 Å². The van der Waals surface area contributed by atoms with E-state index in [2.05, 4.69) is 5.32 Å². The molecule has 8 nitrogen and oxygen atoms in total. The summed E-state index contributed by atoms with van der Waals surface area (Å²) in [6.07, 6.45) is -0.0477. The summed E-state index contributed by atoms with van der Waals surface area (Å²) in [4.78, 5) is 51.1. The Balaban J connectivity index is 1.81. The van der Waals surface area contributed by atoms with Crippen LogP contribution in [0.1, 0.15) is 42.6 Å². The van der Waals surface area contributed by atoms with Gasteiger partial charge in [0.1, 0.15) is 11.8 Å². The Morgan fingerprint density at radius 1 is 1.16 bits per heavy atom. The molecule has 32 heavy (non-hydrogen) atoms. The van der Waals surface area contributed by atoms with E-state index < -0.39 is 12.0 Å². The molecule has 3 rings (SSSR count). The summed E-state index contributed by atoms with van der Waals surface area (Å²) in [6.45, 7) is 5.25. The third-order valence-corrected chi connectivity index (χ3v) is 5.19. The van der Waals surface area contributed by atoms with Gasteiger partial charge in [0, 0.05) is 17.7 Å². The maximum absolute atomic E-state index is 12.9. The number of hydrogen-bond acceptors (Lipinski definition) is 6. The first kappa shape index (κ1) is 23.0. The molecule has 1 atom stereocenters. The highest BCUT2D eigenvalue weighted by Gasteiger charge is 2.34. The van der Waals surface area contributed by atoms with Crippen LogP contribution < -0.4 is 15.0 Å². The zero-order valence-corrected chi connectivity index (χ0v) is 18.3. The topological polar surface area (TPSA) is 102 Å². The van der Waals surface area contributed by atoms with E-state index in [9.17, 15) is 19.2 Å². The number of ether oxygens (including phenoxy) is 2. The van der Waals surface area contributed by atoms with Crippen molar-refractivity contribution in [3.8, 4) is 5.75 Å². The van der Waals surface area contributed by atoms with Crippen molar-refractivity contribution in [2.24, 2.45) is 0 Å². The van der Waals surface area contributed by atoms with Crippen LogP contribution in [0.25, 0.3) is 0 Å². The smallest absolute Gasteiger partial charge is 0.306 e. The Morgan fingerprint density at radius 2 is 1.91 bits per heavy atom. The van der Waals surface area contributed by atoms with Gasteiger partial charge in [-0.05, 0) is 50.6 Å². The molecule has 1 aliphatic rings. The fourth-order valence-corrected chi connectivity index (χ4v) is 3.43. The molecule has 8 heteroatoms. The lowest BCUT2D eigenvalue weighted by molar-refractivity contribution is -0.143. The predicted molar refractivity (Wildman–Crippen MR) is 119 cm³/mol. The SMILES string of the molecule is CCOC(=O)CCC(=O)c1ccc2c(c1)N(C(C)C(=O)Nc1ccccc1C)C(=O)CO2. The Bertz CT molecular complexity index is 1050. The van der Waals surface area contributed by atoms with Crippen molar-refractivity contribution in [3.05, 3.63) is 53.6 Å². The molecule has 1 heterocycles. The minimum Gasteiger partial charge on any atom is -0.482 e. The van der Waals surface area contributed by atoms with E-state index in [0.29, 0.717) is 22.7 Å². The molecule has 1 aliphatic heterocycles. The summed E-state index contributed by atoms with van der Waals surface area (Å²) in [5, 5.41) is 2.85. The first-order valence-electron chi connectivity index (χ1n) is 10.5. The number of fused-ring (bicyclic) bond motifs is 1. The highest BCUT2D eigenvalue weighted by molar-refractivity contribution is 6.08. The molecule has 2 aromatic carbocycles. The lowest BCUT2D eigenvalue weighted by atomic mass is 10.0. The fraction of sp³-hybridized carbons (Fsp3) is 0.333. The number of aryl methyl sites for hydroxylation is 1. The second-order valence-electron chi connectivity index (χ2n) is 7.44. The number of benzene rings is 2. The third-order valence-electron chi connectivity index (χ3n) is 5.19. The van der Waals surface area contributed by atoms with Crippen LogP contribution in [0.2, 0.25) is 0 Å². The number of nitrogens with one attached hydrogen (secondary N) is 1. The molecule has 0 spiro atoms. The maximum atomic E-state index is 12.9. The maximum Gasteiger partial charge on any atom is 0.306 e. The van der Waals surface area contributed by atoms with Gasteiger partial charge in [0.05, 0.1) is 18.7 Å². The van der Waals surface area contributed by atoms with Crippen molar-refractivity contribution in [2.45, 2.75) is 39.7 Å². The van der Waals surface area contributed by atoms with Crippen LogP contribution in [0, 0.1) is 6.92 Å². The van der Waals surface area contributed by atoms with Crippen LogP contribution in [0.4, 0.5) is 11.4 Å². The van der Waals surface area contributed by atoms with Gasteiger partial charge in [0.2, 0.25) is 5.91 Å². The monoisotopic (exact) mass is 438 g/mol. The lowest BCUT2D eigenvalue weighted by Crippen LogP contribution is -2.49. The molecule has 0 radical (unpaired) electrons. The van der Waals surface area contributed by atoms with Crippen LogP contribution in [0.15, 0.2) is 42.5 Å². The second kappa shape index (κ2) is 10.1. The molecule has 2 aromatic rings. The summed E-state index contributed by atoms with van der Waals surface area (Å²) in [5.74, 6) is -1.06. The van der Waals surface area contributed by atoms with Crippen molar-refractivity contribution >= 4 is 34.9 Å². The van der Waals surface area contributed by atoms with Crippen LogP contribution >= 0.6 is 0 Å². The van der Waals surface area contributed by atoms with Crippen LogP contribution in [0.5, 0.6) is 5.75 Å². The number of carbonyl (C=O) groups excluding carboxylic acids is 4. The van der Waals surface area contributed by atoms with Crippen LogP contribution in [0.3, 0.4) is 0 Å². The number of rotatable bonds is 8. The van der Waals surface area contributed by atoms with Crippen LogP contribution in [-0.2, 0) is 19.1 Å². The molecule has 0 bridgehead atoms. The minimum atomic E-state index is -0.838. The van der Waals surface area contributed by atoms with Gasteiger partial charge in [0.15, 0.2) is 12.4 Å². The van der Waals surface area contributed by atoms with Gasteiger partial charge in [0.25, 0.3) is 5.91 Å². The molecule has 0 aliphatic carbocycles. The van der Waals surface area contributed by atoms with Crippen molar-refractivity contribution in [3.63, 3.8) is 0 Å². The zero-order valence-electron chi connectivity index (χ0n) is 18.3. The highest BCUT2D eigenvalue weighted by Crippen LogP contribution is 2.35. The van der Waals surface area contributed by atoms with Crippen molar-refractivity contribution in [1.29, 1.82) is 0 Å². The quantitative estimate of drug-likeness (QED) is 0.501. The number of ketones is 1. The minimum absolute atomic E-state index is 0.0181. The van der Waals surface area contributed by atoms with E-state index in [1.807, 2.05) is 25.1 Å². The zero-order chi connectivity index (χ0) is 23.3. The summed E-state index contributed by atoms with van der Waals surface area (Å²) in [5.41, 5.74) is 2.22. The summed E-state index contributed by atoms with van der Waals surface area (Å²) in [7, 11) is 0. The van der Waals surface area contributed by atoms with Gasteiger partial charge in [-0.25, -0.2) is 0 Å². The molecule has 168 valence electrons. The van der Waals surface area contributed by atoms with E-state index in [-0.39, 0.29) is 43.7 Å². The Hall–Kier alpha value is -3.68. The molecule has 0 saturated heterocycles. The fourth-order valence-electron chi connectivity index (χ4n) is 3.43. The number of amides is 2. The third kappa shape index (κ3) is 5.14. The Morgan fingerprint density at radius 3 is 2.62 bits per heavy atom. The van der Waals surface area contributed by atoms with E-state index in [1.165, 1.54) is 11.0 Å². The van der Waals surface area contributed by atoms with Crippen molar-refractivity contribution in [2.75, 3.05) is 23.4 Å². The predicted octanol–water partition coefficient (Wildman–Crippen LogP) is 3.27. The molecule has 1 unspecified atom stereocenters. The number of Topliss-reactive ketones (excluding diaryl/α,β-unsaturated/α-hetero) is 1. The summed E-state index contributed by atoms with van der Waals surface area (Å²) < 4.78 is 10.3. The second-order valence-corrected chi connectivity index (χ2v) is 7.44. The number of para-hydroxylation sites is 1. The molecule has 0 saturated carbocycles. The van der Waals surface area contributed by atoms with Crippen molar-refractivity contribution < 1.29 is 28.7 Å². The summed E-state index contributed by atoms with van der Waals surface area (Å²) >= 11 is 0. The first-order chi connectivity index (χ1) is 15.3. The number of hydrogen-bond donors (Lipinski definition) is 1. The molecule has 0 fully saturated rings. The van der Waals surface area contributed by atoms with E-state index in [1.54, 1.807) is 32.0 Å². The number of esters is 1. The number of carbonyl (C=O) groups is 4. The van der Waals surface area contributed by atoms with Gasteiger partial charge in [-0.1, -0.05) is 18.2 Å². The average Bonchev–Trinajstić information content (AvgIpc) is 2.78. The Labute approximate surface area is 186 Å². The highest BCUT2D eigenvalue weighted by atomic mass is 16.5. The van der Waals surface area contributed by atoms with E-state index >= 15 is 0 Å². The van der Waals surface area contributed by atoms with Gasteiger partial charge >= 0.3 is 5.97 Å². The molecular formula is C24H26N2O6. The Kier molecular flexibility index (Phi) is 7.25. The lowest BCUT2D eigenvalue weighted by Gasteiger charge is -2.33. The standard InChI is InChI=1S/C24H26N2O6/c1-4-31-23(29)12-10-20(27)17-9-11-21-19(13-17)26(22(28)14-32-21)16(3)24(30)25-18-8-6-5-7-15(18)2/h5-9,11,13,16H,4,10,12,14H2,1-3H3,(H,25,30). The first-order valence-corrected chi connectivity index (χ1v) is 10.5. The molecule has 2 amide bonds. The van der Waals surface area contributed by atoms with Crippen LogP contribution in [-0.4, -0.2) is 42.8 Å². The van der Waals surface area contributed by atoms with Gasteiger partial charge in [-0.2, -0.15) is 0 Å². The number of anilines is 2. The summed E-state index contributed by atoms with van der Waals surface area (Å²) in [6, 6.07) is 11.2. The van der Waals surface area contributed by atoms with Gasteiger partial charge in [-0.15, -0.1) is 0 Å². The molecule has 1 N–H and O–H groups in total. The normalized spacial score (nSPS) is 13.6. The van der Waals surface area contributed by atoms with E-state index in [4.69, 9.17) is 9.47 Å². The van der Waals surface area contributed by atoms with Gasteiger partial charge in [-0.3, -0.25) is 24.1 Å². The van der Waals surface area contributed by atoms with E-state index in [0.717, 1.165) is 5.56 Å². The van der Waals surface area contributed by atoms with Gasteiger partial charge < -0.3 is 14.8 Å². The molecule has 0 aromatic heterocycles. The average molecular weight is 438 g/mol.